The molecule has 0 fully saturated rings. The minimum absolute atomic E-state index is 0.149. The van der Waals surface area contributed by atoms with E-state index in [1.807, 2.05) is 25.1 Å². The van der Waals surface area contributed by atoms with E-state index in [2.05, 4.69) is 15.3 Å². The number of nitro groups is 1. The maximum atomic E-state index is 11.1. The standard InChI is InChI=1S/C15H18N4O2/c1-10-7-17-14(12(3)15(10)19(20)21)9-16-8-13-6-4-5-11(2)18-13/h4-7,16H,8-9H2,1-3H3. The molecule has 0 spiro atoms. The summed E-state index contributed by atoms with van der Waals surface area (Å²) in [5.74, 6) is 0. The van der Waals surface area contributed by atoms with Crippen molar-refractivity contribution in [3.05, 3.63) is 62.7 Å². The van der Waals surface area contributed by atoms with Gasteiger partial charge in [-0.3, -0.25) is 20.1 Å². The molecule has 110 valence electrons. The Morgan fingerprint density at radius 1 is 1.24 bits per heavy atom. The molecule has 0 aliphatic carbocycles. The second-order valence-corrected chi connectivity index (χ2v) is 4.99. The number of hydrogen-bond acceptors (Lipinski definition) is 5. The number of aryl methyl sites for hydroxylation is 2. The van der Waals surface area contributed by atoms with Crippen molar-refractivity contribution in [3.63, 3.8) is 0 Å². The van der Waals surface area contributed by atoms with E-state index >= 15 is 0 Å². The number of hydrogen-bond donors (Lipinski definition) is 1. The van der Waals surface area contributed by atoms with Crippen LogP contribution in [0.2, 0.25) is 0 Å². The van der Waals surface area contributed by atoms with Crippen LogP contribution in [0.1, 0.15) is 28.2 Å². The van der Waals surface area contributed by atoms with E-state index < -0.39 is 0 Å². The van der Waals surface area contributed by atoms with Crippen LogP contribution in [0.5, 0.6) is 0 Å². The highest BCUT2D eigenvalue weighted by atomic mass is 16.6. The average molecular weight is 286 g/mol. The van der Waals surface area contributed by atoms with Gasteiger partial charge in [-0.15, -0.1) is 0 Å². The lowest BCUT2D eigenvalue weighted by Crippen LogP contribution is -2.16. The molecule has 0 saturated heterocycles. The minimum Gasteiger partial charge on any atom is -0.305 e. The Morgan fingerprint density at radius 2 is 2.00 bits per heavy atom. The molecular formula is C15H18N4O2. The average Bonchev–Trinajstić information content (AvgIpc) is 2.41. The van der Waals surface area contributed by atoms with Crippen molar-refractivity contribution in [3.8, 4) is 0 Å². The molecule has 6 nitrogen and oxygen atoms in total. The van der Waals surface area contributed by atoms with E-state index in [4.69, 9.17) is 0 Å². The molecule has 0 amide bonds. The second kappa shape index (κ2) is 6.41. The highest BCUT2D eigenvalue weighted by Gasteiger charge is 2.18. The third kappa shape index (κ3) is 3.61. The number of nitrogens with zero attached hydrogens (tertiary/aromatic N) is 3. The van der Waals surface area contributed by atoms with Crippen LogP contribution in [0, 0.1) is 30.9 Å². The predicted octanol–water partition coefficient (Wildman–Crippen LogP) is 2.60. The highest BCUT2D eigenvalue weighted by molar-refractivity contribution is 5.47. The van der Waals surface area contributed by atoms with Gasteiger partial charge in [0.25, 0.3) is 5.69 Å². The van der Waals surface area contributed by atoms with E-state index in [0.29, 0.717) is 29.9 Å². The van der Waals surface area contributed by atoms with E-state index in [0.717, 1.165) is 11.4 Å². The van der Waals surface area contributed by atoms with Gasteiger partial charge < -0.3 is 5.32 Å². The molecule has 0 aliphatic heterocycles. The van der Waals surface area contributed by atoms with Crippen LogP contribution in [-0.2, 0) is 13.1 Å². The summed E-state index contributed by atoms with van der Waals surface area (Å²) in [5, 5.41) is 14.3. The summed E-state index contributed by atoms with van der Waals surface area (Å²) >= 11 is 0. The summed E-state index contributed by atoms with van der Waals surface area (Å²) in [4.78, 5) is 19.4. The predicted molar refractivity (Wildman–Crippen MR) is 79.9 cm³/mol. The smallest absolute Gasteiger partial charge is 0.278 e. The molecule has 1 N–H and O–H groups in total. The van der Waals surface area contributed by atoms with Gasteiger partial charge in [0.2, 0.25) is 0 Å². The van der Waals surface area contributed by atoms with Crippen LogP contribution >= 0.6 is 0 Å². The van der Waals surface area contributed by atoms with Crippen molar-refractivity contribution in [2.75, 3.05) is 0 Å². The fourth-order valence-electron chi connectivity index (χ4n) is 2.23. The topological polar surface area (TPSA) is 81.0 Å². The van der Waals surface area contributed by atoms with E-state index in [1.54, 1.807) is 20.0 Å². The maximum absolute atomic E-state index is 11.1. The van der Waals surface area contributed by atoms with Crippen molar-refractivity contribution in [1.82, 2.24) is 15.3 Å². The zero-order valence-corrected chi connectivity index (χ0v) is 12.4. The molecule has 0 bridgehead atoms. The van der Waals surface area contributed by atoms with Gasteiger partial charge in [0.1, 0.15) is 0 Å². The van der Waals surface area contributed by atoms with Gasteiger partial charge in [0.15, 0.2) is 0 Å². The van der Waals surface area contributed by atoms with Gasteiger partial charge in [-0.1, -0.05) is 6.07 Å². The van der Waals surface area contributed by atoms with Crippen molar-refractivity contribution in [2.24, 2.45) is 0 Å². The van der Waals surface area contributed by atoms with E-state index in [1.165, 1.54) is 0 Å². The molecule has 2 aromatic heterocycles. The van der Waals surface area contributed by atoms with Crippen LogP contribution in [0.25, 0.3) is 0 Å². The first-order valence-corrected chi connectivity index (χ1v) is 6.71. The monoisotopic (exact) mass is 286 g/mol. The van der Waals surface area contributed by atoms with E-state index in [9.17, 15) is 10.1 Å². The Bertz CT molecular complexity index is 671. The number of rotatable bonds is 5. The molecule has 0 aromatic carbocycles. The quantitative estimate of drug-likeness (QED) is 0.675. The van der Waals surface area contributed by atoms with Crippen LogP contribution in [-0.4, -0.2) is 14.9 Å². The van der Waals surface area contributed by atoms with Gasteiger partial charge in [0.05, 0.1) is 16.3 Å². The van der Waals surface area contributed by atoms with Crippen LogP contribution in [0.4, 0.5) is 5.69 Å². The molecule has 2 heterocycles. The number of pyridine rings is 2. The third-order valence-corrected chi connectivity index (χ3v) is 3.30. The Labute approximate surface area is 123 Å². The molecule has 0 aliphatic rings. The van der Waals surface area contributed by atoms with Crippen molar-refractivity contribution >= 4 is 5.69 Å². The SMILES string of the molecule is Cc1cccc(CNCc2ncc(C)c([N+](=O)[O-])c2C)n1. The molecule has 2 rings (SSSR count). The Balaban J connectivity index is 2.07. The zero-order chi connectivity index (χ0) is 15.4. The molecule has 2 aromatic rings. The van der Waals surface area contributed by atoms with Gasteiger partial charge in [-0.05, 0) is 32.9 Å². The largest absolute Gasteiger partial charge is 0.305 e. The van der Waals surface area contributed by atoms with Crippen molar-refractivity contribution < 1.29 is 4.92 Å². The fourth-order valence-corrected chi connectivity index (χ4v) is 2.23. The second-order valence-electron chi connectivity index (χ2n) is 4.99. The normalized spacial score (nSPS) is 10.6. The Kier molecular flexibility index (Phi) is 4.59. The maximum Gasteiger partial charge on any atom is 0.278 e. The molecule has 0 atom stereocenters. The lowest BCUT2D eigenvalue weighted by Gasteiger charge is -2.09. The van der Waals surface area contributed by atoms with Gasteiger partial charge in [0, 0.05) is 36.1 Å². The lowest BCUT2D eigenvalue weighted by molar-refractivity contribution is -0.386. The molecule has 0 saturated carbocycles. The van der Waals surface area contributed by atoms with Crippen molar-refractivity contribution in [1.29, 1.82) is 0 Å². The van der Waals surface area contributed by atoms with Gasteiger partial charge >= 0.3 is 0 Å². The van der Waals surface area contributed by atoms with Crippen LogP contribution in [0.3, 0.4) is 0 Å². The minimum atomic E-state index is -0.349. The summed E-state index contributed by atoms with van der Waals surface area (Å²) in [5.41, 5.74) is 3.95. The number of aromatic nitrogens is 2. The highest BCUT2D eigenvalue weighted by Crippen LogP contribution is 2.23. The van der Waals surface area contributed by atoms with Gasteiger partial charge in [-0.2, -0.15) is 0 Å². The molecule has 0 radical (unpaired) electrons. The summed E-state index contributed by atoms with van der Waals surface area (Å²) < 4.78 is 0. The summed E-state index contributed by atoms with van der Waals surface area (Å²) in [6.07, 6.45) is 1.55. The Morgan fingerprint density at radius 3 is 2.67 bits per heavy atom. The van der Waals surface area contributed by atoms with Crippen LogP contribution in [0.15, 0.2) is 24.4 Å². The fraction of sp³-hybridized carbons (Fsp3) is 0.333. The molecular weight excluding hydrogens is 268 g/mol. The summed E-state index contributed by atoms with van der Waals surface area (Å²) in [6, 6.07) is 5.84. The summed E-state index contributed by atoms with van der Waals surface area (Å²) in [6.45, 7) is 6.46. The third-order valence-electron chi connectivity index (χ3n) is 3.30. The first-order valence-electron chi connectivity index (χ1n) is 6.71. The Hall–Kier alpha value is -2.34. The first-order chi connectivity index (χ1) is 9.99. The zero-order valence-electron chi connectivity index (χ0n) is 12.4. The first kappa shape index (κ1) is 15.1. The number of nitrogens with one attached hydrogen (secondary N) is 1. The van der Waals surface area contributed by atoms with Gasteiger partial charge in [-0.25, -0.2) is 0 Å². The molecule has 0 unspecified atom stereocenters. The molecule has 6 heteroatoms. The van der Waals surface area contributed by atoms with E-state index in [-0.39, 0.29) is 10.6 Å². The lowest BCUT2D eigenvalue weighted by atomic mass is 10.1. The van der Waals surface area contributed by atoms with Crippen molar-refractivity contribution in [2.45, 2.75) is 33.9 Å². The van der Waals surface area contributed by atoms with Crippen LogP contribution < -0.4 is 5.32 Å². The molecule has 21 heavy (non-hydrogen) atoms. The summed E-state index contributed by atoms with van der Waals surface area (Å²) in [7, 11) is 0.